The molecule has 0 aromatic heterocycles. The topological polar surface area (TPSA) is 49.8 Å². The lowest BCUT2D eigenvalue weighted by Crippen LogP contribution is -2.02. The molecule has 3 nitrogen and oxygen atoms in total. The fourth-order valence-corrected chi connectivity index (χ4v) is 3.56. The molecule has 1 atom stereocenters. The molecular formula is C27H44O3. The first-order chi connectivity index (χ1) is 14.1. The molecule has 1 aliphatic heterocycles. The average molecular weight is 417 g/mol. The summed E-state index contributed by atoms with van der Waals surface area (Å²) in [4.78, 5) is 10.6. The highest BCUT2D eigenvalue weighted by Gasteiger charge is 2.46. The second-order valence-electron chi connectivity index (χ2n) is 9.50. The van der Waals surface area contributed by atoms with Crippen LogP contribution in [0, 0.1) is 0 Å². The number of carbonyl (C=O) groups is 1. The lowest BCUT2D eigenvalue weighted by Gasteiger charge is -2.03. The summed E-state index contributed by atoms with van der Waals surface area (Å²) in [6.07, 6.45) is 19.5. The minimum absolute atomic E-state index is 0.115. The van der Waals surface area contributed by atoms with Gasteiger partial charge in [0.15, 0.2) is 0 Å². The van der Waals surface area contributed by atoms with E-state index >= 15 is 0 Å². The van der Waals surface area contributed by atoms with Gasteiger partial charge in [-0.3, -0.25) is 4.79 Å². The van der Waals surface area contributed by atoms with Gasteiger partial charge in [0.2, 0.25) is 0 Å². The van der Waals surface area contributed by atoms with Crippen molar-refractivity contribution in [2.24, 2.45) is 0 Å². The quantitative estimate of drug-likeness (QED) is 0.167. The largest absolute Gasteiger partial charge is 0.481 e. The number of carboxylic acids is 1. The number of ether oxygens (including phenoxy) is 1. The number of carboxylic acid groups (broad SMARTS) is 1. The molecule has 0 bridgehead atoms. The molecule has 0 aromatic carbocycles. The highest BCUT2D eigenvalue weighted by atomic mass is 16.6. The van der Waals surface area contributed by atoms with Gasteiger partial charge in [0, 0.05) is 6.42 Å². The predicted octanol–water partition coefficient (Wildman–Crippen LogP) is 7.93. The maximum Gasteiger partial charge on any atom is 0.303 e. The first-order valence-electron chi connectivity index (χ1n) is 11.6. The van der Waals surface area contributed by atoms with Gasteiger partial charge in [-0.1, -0.05) is 46.6 Å². The lowest BCUT2D eigenvalue weighted by molar-refractivity contribution is -0.136. The van der Waals surface area contributed by atoms with Gasteiger partial charge in [0.1, 0.15) is 0 Å². The van der Waals surface area contributed by atoms with Gasteiger partial charge < -0.3 is 9.84 Å². The summed E-state index contributed by atoms with van der Waals surface area (Å²) < 4.78 is 5.66. The van der Waals surface area contributed by atoms with E-state index in [1.54, 1.807) is 0 Å². The summed E-state index contributed by atoms with van der Waals surface area (Å²) in [6.45, 7) is 13.0. The van der Waals surface area contributed by atoms with Crippen molar-refractivity contribution in [3.63, 3.8) is 0 Å². The fourth-order valence-electron chi connectivity index (χ4n) is 3.56. The van der Waals surface area contributed by atoms with Gasteiger partial charge in [0.05, 0.1) is 11.7 Å². The SMILES string of the molecule is C/C(=C\CC/C=C(\C)CC/C=C(\C)CCC1OC1(C)C)CC/C=C(\C)CCC(=O)O. The lowest BCUT2D eigenvalue weighted by atomic mass is 10.0. The van der Waals surface area contributed by atoms with Crippen LogP contribution < -0.4 is 0 Å². The summed E-state index contributed by atoms with van der Waals surface area (Å²) in [7, 11) is 0. The van der Waals surface area contributed by atoms with Crippen LogP contribution in [0.25, 0.3) is 0 Å². The number of hydrogen-bond acceptors (Lipinski definition) is 2. The minimum atomic E-state index is -0.721. The Morgan fingerprint density at radius 3 is 1.57 bits per heavy atom. The molecule has 1 fully saturated rings. The molecule has 0 amide bonds. The summed E-state index contributed by atoms with van der Waals surface area (Å²) in [6, 6.07) is 0. The van der Waals surface area contributed by atoms with Gasteiger partial charge in [-0.05, 0) is 99.3 Å². The van der Waals surface area contributed by atoms with Crippen LogP contribution in [-0.2, 0) is 9.53 Å². The van der Waals surface area contributed by atoms with E-state index in [1.165, 1.54) is 22.3 Å². The zero-order chi connectivity index (χ0) is 22.6. The first-order valence-corrected chi connectivity index (χ1v) is 11.6. The molecule has 1 unspecified atom stereocenters. The van der Waals surface area contributed by atoms with Crippen molar-refractivity contribution in [1.29, 1.82) is 0 Å². The molecule has 0 spiro atoms. The van der Waals surface area contributed by atoms with E-state index in [-0.39, 0.29) is 12.0 Å². The number of epoxide rings is 1. The van der Waals surface area contributed by atoms with Crippen LogP contribution in [0.15, 0.2) is 46.6 Å². The van der Waals surface area contributed by atoms with Crippen molar-refractivity contribution < 1.29 is 14.6 Å². The van der Waals surface area contributed by atoms with Crippen molar-refractivity contribution >= 4 is 5.97 Å². The van der Waals surface area contributed by atoms with E-state index in [4.69, 9.17) is 9.84 Å². The van der Waals surface area contributed by atoms with Crippen molar-refractivity contribution in [1.82, 2.24) is 0 Å². The highest BCUT2D eigenvalue weighted by Crippen LogP contribution is 2.38. The molecule has 0 aliphatic carbocycles. The smallest absolute Gasteiger partial charge is 0.303 e. The summed E-state index contributed by atoms with van der Waals surface area (Å²) in [5.74, 6) is -0.721. The van der Waals surface area contributed by atoms with Crippen molar-refractivity contribution in [3.05, 3.63) is 46.6 Å². The van der Waals surface area contributed by atoms with Crippen LogP contribution in [0.3, 0.4) is 0 Å². The fraction of sp³-hybridized carbons (Fsp3) is 0.667. The maximum atomic E-state index is 10.6. The normalized spacial score (nSPS) is 19.9. The van der Waals surface area contributed by atoms with Crippen molar-refractivity contribution in [3.8, 4) is 0 Å². The van der Waals surface area contributed by atoms with E-state index in [9.17, 15) is 4.79 Å². The third kappa shape index (κ3) is 12.8. The second-order valence-corrected chi connectivity index (χ2v) is 9.50. The van der Waals surface area contributed by atoms with E-state index in [2.05, 4.69) is 58.9 Å². The zero-order valence-corrected chi connectivity index (χ0v) is 20.2. The average Bonchev–Trinajstić information content (AvgIpc) is 3.28. The molecule has 1 saturated heterocycles. The summed E-state index contributed by atoms with van der Waals surface area (Å²) in [5, 5.41) is 8.72. The van der Waals surface area contributed by atoms with Crippen LogP contribution in [0.1, 0.15) is 106 Å². The van der Waals surface area contributed by atoms with Crippen molar-refractivity contribution in [2.45, 2.75) is 117 Å². The van der Waals surface area contributed by atoms with Crippen LogP contribution in [0.2, 0.25) is 0 Å². The highest BCUT2D eigenvalue weighted by molar-refractivity contribution is 5.66. The number of hydrogen-bond donors (Lipinski definition) is 1. The van der Waals surface area contributed by atoms with Crippen LogP contribution in [-0.4, -0.2) is 22.8 Å². The molecule has 30 heavy (non-hydrogen) atoms. The maximum absolute atomic E-state index is 10.6. The van der Waals surface area contributed by atoms with E-state index in [1.807, 2.05) is 6.92 Å². The Labute approximate surface area is 185 Å². The van der Waals surface area contributed by atoms with Crippen LogP contribution >= 0.6 is 0 Å². The van der Waals surface area contributed by atoms with E-state index in [0.717, 1.165) is 51.4 Å². The summed E-state index contributed by atoms with van der Waals surface area (Å²) in [5.41, 5.74) is 5.68. The number of allylic oxidation sites excluding steroid dienone is 8. The van der Waals surface area contributed by atoms with Gasteiger partial charge in [-0.15, -0.1) is 0 Å². The first kappa shape index (κ1) is 26.4. The molecular weight excluding hydrogens is 372 g/mol. The van der Waals surface area contributed by atoms with Gasteiger partial charge in [-0.2, -0.15) is 0 Å². The Kier molecular flexibility index (Phi) is 12.0. The number of aliphatic carboxylic acids is 1. The van der Waals surface area contributed by atoms with Crippen molar-refractivity contribution in [2.75, 3.05) is 0 Å². The second kappa shape index (κ2) is 13.6. The Hall–Kier alpha value is -1.61. The number of unbranched alkanes of at least 4 members (excludes halogenated alkanes) is 1. The molecule has 170 valence electrons. The molecule has 1 aliphatic rings. The molecule has 1 N–H and O–H groups in total. The molecule has 0 aromatic rings. The van der Waals surface area contributed by atoms with E-state index < -0.39 is 5.97 Å². The van der Waals surface area contributed by atoms with Gasteiger partial charge >= 0.3 is 5.97 Å². The molecule has 1 heterocycles. The monoisotopic (exact) mass is 416 g/mol. The van der Waals surface area contributed by atoms with Crippen LogP contribution in [0.5, 0.6) is 0 Å². The molecule has 0 radical (unpaired) electrons. The molecule has 3 heteroatoms. The third-order valence-electron chi connectivity index (χ3n) is 5.91. The Morgan fingerprint density at radius 2 is 1.13 bits per heavy atom. The Morgan fingerprint density at radius 1 is 0.733 bits per heavy atom. The van der Waals surface area contributed by atoms with E-state index in [0.29, 0.717) is 12.5 Å². The Bertz CT molecular complexity index is 662. The predicted molar refractivity (Wildman–Crippen MR) is 128 cm³/mol. The molecule has 1 rings (SSSR count). The Balaban J connectivity index is 2.15. The molecule has 0 saturated carbocycles. The van der Waals surface area contributed by atoms with Crippen LogP contribution in [0.4, 0.5) is 0 Å². The van der Waals surface area contributed by atoms with Gasteiger partial charge in [-0.25, -0.2) is 0 Å². The number of rotatable bonds is 15. The summed E-state index contributed by atoms with van der Waals surface area (Å²) >= 11 is 0. The van der Waals surface area contributed by atoms with Gasteiger partial charge in [0.25, 0.3) is 0 Å². The standard InChI is InChI=1S/C27H44O3/c1-21(13-9-15-23(3)17-19-25-27(5,6)30-25)11-7-8-12-22(2)14-10-16-24(4)18-20-26(28)29/h11-12,15-16,25H,7-10,13-14,17-20H2,1-6H3,(H,28,29)/b21-11+,22-12+,23-15+,24-16+. The third-order valence-corrected chi connectivity index (χ3v) is 5.91. The zero-order valence-electron chi connectivity index (χ0n) is 20.2. The minimum Gasteiger partial charge on any atom is -0.481 e.